The van der Waals surface area contributed by atoms with Crippen molar-refractivity contribution >= 4 is 5.91 Å². The number of piperidine rings is 1. The molecule has 1 atom stereocenters. The Morgan fingerprint density at radius 1 is 1.32 bits per heavy atom. The Morgan fingerprint density at radius 2 is 2.20 bits per heavy atom. The molecule has 1 aromatic heterocycles. The van der Waals surface area contributed by atoms with Crippen LogP contribution in [0.15, 0.2) is 48.7 Å². The van der Waals surface area contributed by atoms with Gasteiger partial charge in [0.05, 0.1) is 18.2 Å². The fourth-order valence-electron chi connectivity index (χ4n) is 3.42. The maximum atomic E-state index is 13.4. The van der Waals surface area contributed by atoms with Crippen LogP contribution in [0.5, 0.6) is 0 Å². The summed E-state index contributed by atoms with van der Waals surface area (Å²) in [6.45, 7) is 2.89. The second kappa shape index (κ2) is 8.21. The maximum Gasteiger partial charge on any atom is 0.227 e. The highest BCUT2D eigenvalue weighted by Gasteiger charge is 2.28. The van der Waals surface area contributed by atoms with Gasteiger partial charge in [0.15, 0.2) is 0 Å². The average molecular weight is 341 g/mol. The highest BCUT2D eigenvalue weighted by atomic mass is 19.1. The SMILES string of the molecule is CN(Cc1ccccn1)C(=O)[C@@H]1CCCN(Cc2cccc(F)c2)C1. The molecule has 0 N–H and O–H groups in total. The third-order valence-corrected chi connectivity index (χ3v) is 4.65. The minimum absolute atomic E-state index is 0.00368. The van der Waals surface area contributed by atoms with Gasteiger partial charge in [0.1, 0.15) is 5.82 Å². The van der Waals surface area contributed by atoms with Gasteiger partial charge in [-0.2, -0.15) is 0 Å². The van der Waals surface area contributed by atoms with Crippen molar-refractivity contribution in [1.29, 1.82) is 0 Å². The molecule has 0 unspecified atom stereocenters. The zero-order valence-electron chi connectivity index (χ0n) is 14.6. The molecule has 1 aliphatic rings. The topological polar surface area (TPSA) is 36.4 Å². The van der Waals surface area contributed by atoms with Crippen LogP contribution in [-0.2, 0) is 17.9 Å². The van der Waals surface area contributed by atoms with Gasteiger partial charge in [-0.3, -0.25) is 14.7 Å². The van der Waals surface area contributed by atoms with E-state index in [0.717, 1.165) is 37.2 Å². The molecule has 5 heteroatoms. The summed E-state index contributed by atoms with van der Waals surface area (Å²) < 4.78 is 13.4. The molecule has 0 saturated carbocycles. The summed E-state index contributed by atoms with van der Waals surface area (Å²) in [6, 6.07) is 12.4. The van der Waals surface area contributed by atoms with Crippen molar-refractivity contribution in [1.82, 2.24) is 14.8 Å². The minimum Gasteiger partial charge on any atom is -0.340 e. The summed E-state index contributed by atoms with van der Waals surface area (Å²) >= 11 is 0. The number of benzene rings is 1. The normalized spacial score (nSPS) is 18.1. The summed E-state index contributed by atoms with van der Waals surface area (Å²) in [5.74, 6) is -0.0529. The van der Waals surface area contributed by atoms with E-state index in [4.69, 9.17) is 0 Å². The Kier molecular flexibility index (Phi) is 5.76. The molecular formula is C20H24FN3O. The predicted molar refractivity (Wildman–Crippen MR) is 95.1 cm³/mol. The highest BCUT2D eigenvalue weighted by Crippen LogP contribution is 2.21. The second-order valence-corrected chi connectivity index (χ2v) is 6.72. The molecule has 0 radical (unpaired) electrons. The van der Waals surface area contributed by atoms with Crippen molar-refractivity contribution in [3.8, 4) is 0 Å². The van der Waals surface area contributed by atoms with Gasteiger partial charge >= 0.3 is 0 Å². The third kappa shape index (κ3) is 4.86. The molecule has 1 saturated heterocycles. The quantitative estimate of drug-likeness (QED) is 0.838. The Labute approximate surface area is 148 Å². The fourth-order valence-corrected chi connectivity index (χ4v) is 3.42. The summed E-state index contributed by atoms with van der Waals surface area (Å²) in [7, 11) is 1.84. The number of likely N-dealkylation sites (tertiary alicyclic amines) is 1. The van der Waals surface area contributed by atoms with Crippen molar-refractivity contribution in [2.45, 2.75) is 25.9 Å². The van der Waals surface area contributed by atoms with E-state index in [-0.39, 0.29) is 17.6 Å². The van der Waals surface area contributed by atoms with E-state index in [2.05, 4.69) is 9.88 Å². The van der Waals surface area contributed by atoms with Crippen molar-refractivity contribution in [3.63, 3.8) is 0 Å². The van der Waals surface area contributed by atoms with Crippen LogP contribution in [0.2, 0.25) is 0 Å². The smallest absolute Gasteiger partial charge is 0.227 e. The molecule has 1 aromatic carbocycles. The second-order valence-electron chi connectivity index (χ2n) is 6.72. The summed E-state index contributed by atoms with van der Waals surface area (Å²) in [5.41, 5.74) is 1.85. The number of aromatic nitrogens is 1. The van der Waals surface area contributed by atoms with Crippen molar-refractivity contribution in [2.75, 3.05) is 20.1 Å². The number of carbonyl (C=O) groups is 1. The monoisotopic (exact) mass is 341 g/mol. The zero-order valence-corrected chi connectivity index (χ0v) is 14.6. The molecule has 1 fully saturated rings. The Balaban J connectivity index is 1.57. The van der Waals surface area contributed by atoms with Gasteiger partial charge in [0.25, 0.3) is 0 Å². The number of hydrogen-bond donors (Lipinski definition) is 0. The number of amides is 1. The Morgan fingerprint density at radius 3 is 2.96 bits per heavy atom. The minimum atomic E-state index is -0.211. The number of carbonyl (C=O) groups excluding carboxylic acids is 1. The number of rotatable bonds is 5. The van der Waals surface area contributed by atoms with Crippen molar-refractivity contribution in [3.05, 3.63) is 65.7 Å². The van der Waals surface area contributed by atoms with E-state index in [0.29, 0.717) is 13.1 Å². The molecule has 132 valence electrons. The fraction of sp³-hybridized carbons (Fsp3) is 0.400. The molecule has 4 nitrogen and oxygen atoms in total. The largest absolute Gasteiger partial charge is 0.340 e. The molecule has 0 spiro atoms. The molecule has 25 heavy (non-hydrogen) atoms. The van der Waals surface area contributed by atoms with E-state index in [1.54, 1.807) is 23.2 Å². The van der Waals surface area contributed by atoms with E-state index in [1.165, 1.54) is 6.07 Å². The lowest BCUT2D eigenvalue weighted by atomic mass is 9.96. The van der Waals surface area contributed by atoms with Crippen LogP contribution in [-0.4, -0.2) is 40.8 Å². The van der Waals surface area contributed by atoms with Gasteiger partial charge in [-0.1, -0.05) is 18.2 Å². The van der Waals surface area contributed by atoms with Crippen molar-refractivity contribution < 1.29 is 9.18 Å². The first-order valence-corrected chi connectivity index (χ1v) is 8.73. The third-order valence-electron chi connectivity index (χ3n) is 4.65. The maximum absolute atomic E-state index is 13.4. The number of hydrogen-bond acceptors (Lipinski definition) is 3. The molecule has 1 aliphatic heterocycles. The van der Waals surface area contributed by atoms with Crippen LogP contribution < -0.4 is 0 Å². The van der Waals surface area contributed by atoms with Crippen LogP contribution in [0.1, 0.15) is 24.1 Å². The average Bonchev–Trinajstić information content (AvgIpc) is 2.62. The van der Waals surface area contributed by atoms with Gasteiger partial charge in [0, 0.05) is 26.3 Å². The van der Waals surface area contributed by atoms with E-state index in [9.17, 15) is 9.18 Å². The summed E-state index contributed by atoms with van der Waals surface area (Å²) in [5, 5.41) is 0. The summed E-state index contributed by atoms with van der Waals surface area (Å²) in [4.78, 5) is 21.1. The Hall–Kier alpha value is -2.27. The lowest BCUT2D eigenvalue weighted by molar-refractivity contribution is -0.136. The van der Waals surface area contributed by atoms with Crippen molar-refractivity contribution in [2.24, 2.45) is 5.92 Å². The summed E-state index contributed by atoms with van der Waals surface area (Å²) in [6.07, 6.45) is 3.64. The molecule has 0 bridgehead atoms. The van der Waals surface area contributed by atoms with Crippen LogP contribution in [0.4, 0.5) is 4.39 Å². The van der Waals surface area contributed by atoms with Gasteiger partial charge < -0.3 is 4.90 Å². The first-order chi connectivity index (χ1) is 12.1. The lowest BCUT2D eigenvalue weighted by Gasteiger charge is -2.34. The van der Waals surface area contributed by atoms with Gasteiger partial charge in [-0.15, -0.1) is 0 Å². The van der Waals surface area contributed by atoms with E-state index < -0.39 is 0 Å². The lowest BCUT2D eigenvalue weighted by Crippen LogP contribution is -2.43. The molecule has 2 aromatic rings. The standard InChI is InChI=1S/C20H24FN3O/c1-23(15-19-9-2-3-10-22-19)20(25)17-7-5-11-24(14-17)13-16-6-4-8-18(21)12-16/h2-4,6,8-10,12,17H,5,7,11,13-15H2,1H3/t17-/m1/s1. The zero-order chi connectivity index (χ0) is 17.6. The van der Waals surface area contributed by atoms with Crippen LogP contribution in [0, 0.1) is 11.7 Å². The molecule has 2 heterocycles. The molecule has 0 aliphatic carbocycles. The van der Waals surface area contributed by atoms with Crippen LogP contribution >= 0.6 is 0 Å². The number of pyridine rings is 1. The molecular weight excluding hydrogens is 317 g/mol. The first-order valence-electron chi connectivity index (χ1n) is 8.73. The van der Waals surface area contributed by atoms with Crippen LogP contribution in [0.3, 0.4) is 0 Å². The molecule has 1 amide bonds. The predicted octanol–water partition coefficient (Wildman–Crippen LogP) is 3.09. The van der Waals surface area contributed by atoms with E-state index >= 15 is 0 Å². The molecule has 3 rings (SSSR count). The van der Waals surface area contributed by atoms with E-state index in [1.807, 2.05) is 31.3 Å². The van der Waals surface area contributed by atoms with Gasteiger partial charge in [-0.05, 0) is 49.2 Å². The number of halogens is 1. The number of nitrogens with zero attached hydrogens (tertiary/aromatic N) is 3. The van der Waals surface area contributed by atoms with Gasteiger partial charge in [-0.25, -0.2) is 4.39 Å². The highest BCUT2D eigenvalue weighted by molar-refractivity contribution is 5.78. The Bertz CT molecular complexity index is 707. The first kappa shape index (κ1) is 17.5. The van der Waals surface area contributed by atoms with Crippen LogP contribution in [0.25, 0.3) is 0 Å². The van der Waals surface area contributed by atoms with Gasteiger partial charge in [0.2, 0.25) is 5.91 Å².